The molecular weight excluding hydrogens is 411 g/mol. The van der Waals surface area contributed by atoms with Crippen LogP contribution in [0.15, 0.2) is 65.7 Å². The van der Waals surface area contributed by atoms with Crippen LogP contribution in [0.1, 0.15) is 46.2 Å². The van der Waals surface area contributed by atoms with Crippen LogP contribution in [0.2, 0.25) is 10.0 Å². The molecule has 3 aromatic carbocycles. The van der Waals surface area contributed by atoms with Crippen molar-refractivity contribution in [2.75, 3.05) is 6.54 Å². The number of hydrogen-bond donors (Lipinski definition) is 1. The number of benzene rings is 3. The van der Waals surface area contributed by atoms with Crippen LogP contribution in [0.5, 0.6) is 0 Å². The van der Waals surface area contributed by atoms with E-state index >= 15 is 0 Å². The lowest BCUT2D eigenvalue weighted by molar-refractivity contribution is 0.269. The molecule has 0 saturated carbocycles. The highest BCUT2D eigenvalue weighted by atomic mass is 35.5. The summed E-state index contributed by atoms with van der Waals surface area (Å²) in [6, 6.07) is 21.3. The molecule has 1 spiro atoms. The second kappa shape index (κ2) is 7.53. The lowest BCUT2D eigenvalue weighted by Crippen LogP contribution is -2.51. The summed E-state index contributed by atoms with van der Waals surface area (Å²) in [5.74, 6) is 0.258. The number of rotatable bonds is 2. The number of nitrogens with one attached hydrogen (secondary N) is 1. The van der Waals surface area contributed by atoms with E-state index in [1.54, 1.807) is 0 Å². The molecule has 2 heterocycles. The summed E-state index contributed by atoms with van der Waals surface area (Å²) < 4.78 is 0. The van der Waals surface area contributed by atoms with Crippen molar-refractivity contribution >= 4 is 35.1 Å². The summed E-state index contributed by atoms with van der Waals surface area (Å²) >= 11 is 12.7. The van der Waals surface area contributed by atoms with Crippen LogP contribution in [0.4, 0.5) is 5.69 Å². The Morgan fingerprint density at radius 3 is 2.63 bits per heavy atom. The fourth-order valence-corrected chi connectivity index (χ4v) is 5.68. The third-order valence-electron chi connectivity index (χ3n) is 6.68. The molecule has 2 nitrogen and oxygen atoms in total. The Hall–Kier alpha value is -2.13. The number of piperidine rings is 1. The summed E-state index contributed by atoms with van der Waals surface area (Å²) in [5, 5.41) is 5.34. The van der Waals surface area contributed by atoms with Gasteiger partial charge in [-0.05, 0) is 73.3 Å². The Morgan fingerprint density at radius 2 is 1.80 bits per heavy atom. The van der Waals surface area contributed by atoms with Gasteiger partial charge in [-0.1, -0.05) is 65.2 Å². The van der Waals surface area contributed by atoms with E-state index in [1.807, 2.05) is 18.2 Å². The molecule has 1 N–H and O–H groups in total. The van der Waals surface area contributed by atoms with Crippen LogP contribution in [-0.2, 0) is 5.41 Å². The standard InChI is InChI=1S/C26H24Cl2N2/c1-16-6-7-17(2)21(12-16)25-26(15-30-24-14-20(28)8-9-23(24)26)22(10-11-29-25)18-4-3-5-19(27)13-18/h3-9,12-15,22,25,29H,10-11H2,1-2H3/t22-,25+,26-/m0/s1. The van der Waals surface area contributed by atoms with Crippen LogP contribution in [0.3, 0.4) is 0 Å². The van der Waals surface area contributed by atoms with Gasteiger partial charge in [0, 0.05) is 28.2 Å². The number of fused-ring (bicyclic) bond motifs is 2. The minimum atomic E-state index is -0.304. The third kappa shape index (κ3) is 3.10. The average molecular weight is 435 g/mol. The fraction of sp³-hybridized carbons (Fsp3) is 0.269. The highest BCUT2D eigenvalue weighted by molar-refractivity contribution is 6.31. The predicted octanol–water partition coefficient (Wildman–Crippen LogP) is 7.08. The first-order valence-corrected chi connectivity index (χ1v) is 11.2. The zero-order valence-electron chi connectivity index (χ0n) is 17.1. The molecule has 5 rings (SSSR count). The molecule has 0 unspecified atom stereocenters. The first-order valence-electron chi connectivity index (χ1n) is 10.4. The van der Waals surface area contributed by atoms with Gasteiger partial charge in [0.2, 0.25) is 0 Å². The van der Waals surface area contributed by atoms with Crippen LogP contribution in [0.25, 0.3) is 0 Å². The normalized spacial score (nSPS) is 24.9. The van der Waals surface area contributed by atoms with E-state index in [-0.39, 0.29) is 17.4 Å². The van der Waals surface area contributed by atoms with Crippen molar-refractivity contribution < 1.29 is 0 Å². The molecule has 3 atom stereocenters. The first-order chi connectivity index (χ1) is 14.5. The van der Waals surface area contributed by atoms with Gasteiger partial charge in [-0.25, -0.2) is 0 Å². The summed E-state index contributed by atoms with van der Waals surface area (Å²) in [7, 11) is 0. The van der Waals surface area contributed by atoms with Gasteiger partial charge >= 0.3 is 0 Å². The van der Waals surface area contributed by atoms with Crippen LogP contribution in [-0.4, -0.2) is 12.8 Å². The molecule has 30 heavy (non-hydrogen) atoms. The number of nitrogens with zero attached hydrogens (tertiary/aromatic N) is 1. The Bertz CT molecular complexity index is 1150. The van der Waals surface area contributed by atoms with Gasteiger partial charge in [0.15, 0.2) is 0 Å². The van der Waals surface area contributed by atoms with E-state index in [4.69, 9.17) is 28.2 Å². The topological polar surface area (TPSA) is 24.4 Å². The molecule has 152 valence electrons. The van der Waals surface area contributed by atoms with E-state index in [2.05, 4.69) is 67.8 Å². The Morgan fingerprint density at radius 1 is 0.967 bits per heavy atom. The Kier molecular flexibility index (Phi) is 4.97. The molecule has 1 saturated heterocycles. The number of hydrogen-bond acceptors (Lipinski definition) is 2. The van der Waals surface area contributed by atoms with Gasteiger partial charge < -0.3 is 5.32 Å². The van der Waals surface area contributed by atoms with Crippen LogP contribution < -0.4 is 5.32 Å². The van der Waals surface area contributed by atoms with Crippen LogP contribution >= 0.6 is 23.2 Å². The fourth-order valence-electron chi connectivity index (χ4n) is 5.32. The maximum Gasteiger partial charge on any atom is 0.0683 e. The van der Waals surface area contributed by atoms with Crippen molar-refractivity contribution in [2.24, 2.45) is 4.99 Å². The van der Waals surface area contributed by atoms with Gasteiger partial charge in [0.05, 0.1) is 11.1 Å². The molecule has 0 bridgehead atoms. The van der Waals surface area contributed by atoms with Crippen molar-refractivity contribution in [1.29, 1.82) is 0 Å². The SMILES string of the molecule is Cc1ccc(C)c([C@H]2NCC[C@@H](c3cccc(Cl)c3)[C@]23C=Nc2cc(Cl)ccc23)c1. The molecule has 0 amide bonds. The van der Waals surface area contributed by atoms with Crippen molar-refractivity contribution in [2.45, 2.75) is 37.6 Å². The molecule has 1 fully saturated rings. The smallest absolute Gasteiger partial charge is 0.0683 e. The first kappa shape index (κ1) is 19.8. The molecule has 0 aromatic heterocycles. The number of aryl methyl sites for hydroxylation is 2. The third-order valence-corrected chi connectivity index (χ3v) is 7.15. The van der Waals surface area contributed by atoms with Gasteiger partial charge in [-0.2, -0.15) is 0 Å². The molecule has 2 aliphatic heterocycles. The largest absolute Gasteiger partial charge is 0.309 e. The molecule has 0 radical (unpaired) electrons. The highest BCUT2D eigenvalue weighted by Gasteiger charge is 2.52. The molecule has 4 heteroatoms. The summed E-state index contributed by atoms with van der Waals surface area (Å²) in [4.78, 5) is 4.88. The molecular formula is C26H24Cl2N2. The minimum Gasteiger partial charge on any atom is -0.309 e. The second-order valence-corrected chi connectivity index (χ2v) is 9.37. The number of aliphatic imine (C=N–C) groups is 1. The van der Waals surface area contributed by atoms with Crippen molar-refractivity contribution in [3.8, 4) is 0 Å². The van der Waals surface area contributed by atoms with E-state index in [1.165, 1.54) is 27.8 Å². The van der Waals surface area contributed by atoms with E-state index in [0.29, 0.717) is 5.02 Å². The van der Waals surface area contributed by atoms with Crippen molar-refractivity contribution in [3.05, 3.63) is 98.5 Å². The van der Waals surface area contributed by atoms with E-state index < -0.39 is 0 Å². The van der Waals surface area contributed by atoms with E-state index in [9.17, 15) is 0 Å². The Balaban J connectivity index is 1.76. The monoisotopic (exact) mass is 434 g/mol. The number of halogens is 2. The van der Waals surface area contributed by atoms with Crippen LogP contribution in [0, 0.1) is 13.8 Å². The van der Waals surface area contributed by atoms with Gasteiger partial charge in [0.1, 0.15) is 0 Å². The summed E-state index contributed by atoms with van der Waals surface area (Å²) in [6.45, 7) is 5.29. The molecule has 2 aliphatic rings. The summed E-state index contributed by atoms with van der Waals surface area (Å²) in [5.41, 5.74) is 7.04. The minimum absolute atomic E-state index is 0.112. The second-order valence-electron chi connectivity index (χ2n) is 8.50. The summed E-state index contributed by atoms with van der Waals surface area (Å²) in [6.07, 6.45) is 3.17. The van der Waals surface area contributed by atoms with Crippen molar-refractivity contribution in [3.63, 3.8) is 0 Å². The lowest BCUT2D eigenvalue weighted by atomic mass is 9.60. The predicted molar refractivity (Wildman–Crippen MR) is 127 cm³/mol. The Labute approximate surface area is 188 Å². The maximum atomic E-state index is 6.41. The lowest BCUT2D eigenvalue weighted by Gasteiger charge is -2.48. The molecule has 3 aromatic rings. The van der Waals surface area contributed by atoms with Gasteiger partial charge in [-0.15, -0.1) is 0 Å². The zero-order chi connectivity index (χ0) is 20.9. The zero-order valence-corrected chi connectivity index (χ0v) is 18.6. The molecule has 0 aliphatic carbocycles. The van der Waals surface area contributed by atoms with Gasteiger partial charge in [-0.3, -0.25) is 4.99 Å². The average Bonchev–Trinajstić information content (AvgIpc) is 3.09. The van der Waals surface area contributed by atoms with Crippen molar-refractivity contribution in [1.82, 2.24) is 5.32 Å². The maximum absolute atomic E-state index is 6.41. The van der Waals surface area contributed by atoms with Gasteiger partial charge in [0.25, 0.3) is 0 Å². The highest BCUT2D eigenvalue weighted by Crippen LogP contribution is 2.56. The van der Waals surface area contributed by atoms with E-state index in [0.717, 1.165) is 23.7 Å². The quantitative estimate of drug-likeness (QED) is 0.457.